The summed E-state index contributed by atoms with van der Waals surface area (Å²) in [5, 5.41) is 5.12. The lowest BCUT2D eigenvalue weighted by Gasteiger charge is -2.40. The van der Waals surface area contributed by atoms with Crippen LogP contribution < -0.4 is 17.1 Å². The van der Waals surface area contributed by atoms with Gasteiger partial charge in [-0.15, -0.1) is 0 Å². The molecule has 1 amide bonds. The fourth-order valence-corrected chi connectivity index (χ4v) is 4.11. The lowest BCUT2D eigenvalue weighted by Crippen LogP contribution is -2.46. The van der Waals surface area contributed by atoms with Crippen molar-refractivity contribution >= 4 is 34.9 Å². The fraction of sp³-hybridized carbons (Fsp3) is 0.391. The van der Waals surface area contributed by atoms with Crippen molar-refractivity contribution in [2.45, 2.75) is 38.1 Å². The number of halogens is 2. The number of nitrogens with two attached hydrogens (primary N) is 2. The summed E-state index contributed by atoms with van der Waals surface area (Å²) in [7, 11) is 0. The summed E-state index contributed by atoms with van der Waals surface area (Å²) in [5.41, 5.74) is 3.63. The maximum Gasteiger partial charge on any atom is 0.226 e. The number of nitrogens with one attached hydrogen (secondary N) is 1. The van der Waals surface area contributed by atoms with E-state index in [2.05, 4.69) is 10.5 Å². The largest absolute Gasteiger partial charge is 0.335 e. The average Bonchev–Trinajstić information content (AvgIpc) is 3.60. The van der Waals surface area contributed by atoms with Crippen molar-refractivity contribution < 1.29 is 4.79 Å². The predicted octanol–water partition coefficient (Wildman–Crippen LogP) is 4.50. The molecule has 166 valence electrons. The van der Waals surface area contributed by atoms with Crippen LogP contribution in [-0.4, -0.2) is 23.2 Å². The summed E-state index contributed by atoms with van der Waals surface area (Å²) < 4.78 is 0. The highest BCUT2D eigenvalue weighted by Crippen LogP contribution is 2.39. The van der Waals surface area contributed by atoms with Crippen LogP contribution in [0.1, 0.15) is 43.7 Å². The molecule has 1 aliphatic carbocycles. The van der Waals surface area contributed by atoms with Crippen LogP contribution in [0.3, 0.4) is 0 Å². The molecule has 1 saturated carbocycles. The summed E-state index contributed by atoms with van der Waals surface area (Å²) in [6, 6.07) is 17.4. The first-order valence-corrected chi connectivity index (χ1v) is 11.3. The van der Waals surface area contributed by atoms with Crippen LogP contribution >= 0.6 is 23.2 Å². The Morgan fingerprint density at radius 1 is 1.00 bits per heavy atom. The molecule has 1 heterocycles. The van der Waals surface area contributed by atoms with Crippen LogP contribution in [-0.2, 0) is 4.79 Å². The molecule has 31 heavy (non-hydrogen) atoms. The maximum absolute atomic E-state index is 13.0. The number of rotatable bonds is 5. The van der Waals surface area contributed by atoms with Crippen LogP contribution in [0.2, 0.25) is 10.0 Å². The van der Waals surface area contributed by atoms with E-state index in [4.69, 9.17) is 34.9 Å². The molecule has 2 aromatic rings. The molecule has 4 rings (SSSR count). The Hall–Kier alpha value is -2.28. The highest BCUT2D eigenvalue weighted by Gasteiger charge is 2.39. The number of amides is 1. The molecule has 1 aliphatic heterocycles. The van der Waals surface area contributed by atoms with E-state index in [0.717, 1.165) is 30.0 Å². The third-order valence-corrected chi connectivity index (χ3v) is 6.20. The van der Waals surface area contributed by atoms with Gasteiger partial charge >= 0.3 is 0 Å². The number of amidine groups is 1. The van der Waals surface area contributed by atoms with Gasteiger partial charge in [0.05, 0.1) is 6.04 Å². The Balaban J connectivity index is 0.000000330. The second kappa shape index (κ2) is 11.4. The van der Waals surface area contributed by atoms with Crippen molar-refractivity contribution in [1.29, 1.82) is 0 Å². The third kappa shape index (κ3) is 6.86. The Labute approximate surface area is 193 Å². The minimum atomic E-state index is -0.120. The zero-order valence-corrected chi connectivity index (χ0v) is 18.9. The number of likely N-dealkylation sites (tertiary alicyclic amines) is 1. The second-order valence-electron chi connectivity index (χ2n) is 8.00. The smallest absolute Gasteiger partial charge is 0.226 e. The van der Waals surface area contributed by atoms with E-state index in [9.17, 15) is 4.79 Å². The quantitative estimate of drug-likeness (QED) is 0.264. The van der Waals surface area contributed by atoms with Crippen molar-refractivity contribution in [2.75, 3.05) is 6.54 Å². The average molecular weight is 462 g/mol. The van der Waals surface area contributed by atoms with Gasteiger partial charge in [0.25, 0.3) is 0 Å². The summed E-state index contributed by atoms with van der Waals surface area (Å²) in [6.45, 7) is 0.827. The van der Waals surface area contributed by atoms with E-state index in [-0.39, 0.29) is 17.9 Å². The van der Waals surface area contributed by atoms with Crippen molar-refractivity contribution in [3.63, 3.8) is 0 Å². The first-order chi connectivity index (χ1) is 15.0. The molecule has 0 radical (unpaired) electrons. The van der Waals surface area contributed by atoms with Gasteiger partial charge in [0.15, 0.2) is 0 Å². The highest BCUT2D eigenvalue weighted by molar-refractivity contribution is 6.30. The molecule has 0 aromatic heterocycles. The van der Waals surface area contributed by atoms with Crippen LogP contribution in [0.4, 0.5) is 0 Å². The number of hydrazine groups is 1. The van der Waals surface area contributed by atoms with Gasteiger partial charge in [-0.25, -0.2) is 5.84 Å². The number of carbonyl (C=O) groups excluding carboxylic acids is 1. The zero-order chi connectivity index (χ0) is 22.2. The van der Waals surface area contributed by atoms with E-state index < -0.39 is 0 Å². The minimum Gasteiger partial charge on any atom is -0.335 e. The number of hydrazone groups is 1. The molecule has 2 aromatic carbocycles. The molecular weight excluding hydrogens is 433 g/mol. The molecule has 1 saturated heterocycles. The van der Waals surface area contributed by atoms with Gasteiger partial charge in [-0.3, -0.25) is 4.79 Å². The molecule has 6 nitrogen and oxygen atoms in total. The Morgan fingerprint density at radius 2 is 1.65 bits per heavy atom. The van der Waals surface area contributed by atoms with E-state index >= 15 is 0 Å². The minimum absolute atomic E-state index is 0.120. The van der Waals surface area contributed by atoms with E-state index in [0.29, 0.717) is 23.2 Å². The Morgan fingerprint density at radius 3 is 2.16 bits per heavy atom. The predicted molar refractivity (Wildman–Crippen MR) is 126 cm³/mol. The summed E-state index contributed by atoms with van der Waals surface area (Å²) in [5.74, 6) is 11.9. The van der Waals surface area contributed by atoms with Crippen LogP contribution in [0.15, 0.2) is 59.7 Å². The van der Waals surface area contributed by atoms with Gasteiger partial charge in [-0.2, -0.15) is 5.10 Å². The van der Waals surface area contributed by atoms with Crippen LogP contribution in [0.25, 0.3) is 0 Å². The van der Waals surface area contributed by atoms with E-state index in [1.807, 2.05) is 59.5 Å². The Kier molecular flexibility index (Phi) is 8.58. The van der Waals surface area contributed by atoms with Gasteiger partial charge in [0, 0.05) is 28.9 Å². The summed E-state index contributed by atoms with van der Waals surface area (Å²) >= 11 is 11.5. The number of nitrogens with zero attached hydrogens (tertiary/aromatic N) is 2. The van der Waals surface area contributed by atoms with Crippen molar-refractivity contribution in [3.05, 3.63) is 70.2 Å². The first-order valence-electron chi connectivity index (χ1n) is 10.5. The highest BCUT2D eigenvalue weighted by atomic mass is 35.5. The number of hydrogen-bond acceptors (Lipinski definition) is 4. The fourth-order valence-electron chi connectivity index (χ4n) is 3.84. The number of piperidine rings is 1. The normalized spacial score (nSPS) is 21.3. The third-order valence-electron chi connectivity index (χ3n) is 5.70. The number of benzene rings is 2. The molecular formula is C23H29Cl2N5O. The van der Waals surface area contributed by atoms with Crippen molar-refractivity contribution in [3.8, 4) is 0 Å². The van der Waals surface area contributed by atoms with Crippen LogP contribution in [0.5, 0.6) is 0 Å². The molecule has 1 unspecified atom stereocenters. The lowest BCUT2D eigenvalue weighted by atomic mass is 9.86. The first kappa shape index (κ1) is 23.4. The Bertz CT molecular complexity index is 871. The lowest BCUT2D eigenvalue weighted by molar-refractivity contribution is -0.142. The molecule has 2 fully saturated rings. The van der Waals surface area contributed by atoms with Gasteiger partial charge in [0.2, 0.25) is 5.91 Å². The SMILES string of the molecule is Clc1ccccc1.N/N=C(/CC1CC[C@@H](c2ccc(Cl)cc2)N(CC2CC2)C1=O)NN. The summed E-state index contributed by atoms with van der Waals surface area (Å²) in [4.78, 5) is 15.1. The number of carbonyl (C=O) groups is 1. The molecule has 2 aliphatic rings. The molecule has 8 heteroatoms. The monoisotopic (exact) mass is 461 g/mol. The van der Waals surface area contributed by atoms with Crippen LogP contribution in [0, 0.1) is 11.8 Å². The summed E-state index contributed by atoms with van der Waals surface area (Å²) in [6.07, 6.45) is 4.60. The van der Waals surface area contributed by atoms with Crippen molar-refractivity contribution in [2.24, 2.45) is 28.6 Å². The second-order valence-corrected chi connectivity index (χ2v) is 8.87. The van der Waals surface area contributed by atoms with Gasteiger partial charge in [-0.05, 0) is 61.4 Å². The topological polar surface area (TPSA) is 96.7 Å². The number of hydrogen-bond donors (Lipinski definition) is 3. The molecule has 2 atom stereocenters. The van der Waals surface area contributed by atoms with Gasteiger partial charge in [0.1, 0.15) is 5.84 Å². The van der Waals surface area contributed by atoms with Gasteiger partial charge < -0.3 is 16.2 Å². The van der Waals surface area contributed by atoms with E-state index in [1.165, 1.54) is 12.8 Å². The maximum atomic E-state index is 13.0. The van der Waals surface area contributed by atoms with Gasteiger partial charge in [-0.1, -0.05) is 53.5 Å². The molecule has 5 N–H and O–H groups in total. The standard InChI is InChI=1S/C17H24ClN5O.C6H5Cl/c18-14-6-3-12(4-7-14)15-8-5-13(9-16(21-19)22-20)17(24)23(15)10-11-1-2-11;7-6-4-2-1-3-5-6/h3-4,6-7,11,13,15H,1-2,5,8-10,19-20H2,(H,21,22);1-5H/t13?,15-;/m0./s1. The zero-order valence-electron chi connectivity index (χ0n) is 17.4. The molecule has 0 spiro atoms. The van der Waals surface area contributed by atoms with E-state index in [1.54, 1.807) is 0 Å². The molecule has 0 bridgehead atoms. The van der Waals surface area contributed by atoms with Crippen molar-refractivity contribution in [1.82, 2.24) is 10.3 Å².